The fourth-order valence-corrected chi connectivity index (χ4v) is 3.09. The molecule has 1 saturated heterocycles. The van der Waals surface area contributed by atoms with Gasteiger partial charge in [-0.3, -0.25) is 0 Å². The Bertz CT molecular complexity index is 233. The van der Waals surface area contributed by atoms with Crippen molar-refractivity contribution in [1.29, 1.82) is 0 Å². The Morgan fingerprint density at radius 2 is 2.06 bits per heavy atom. The summed E-state index contributed by atoms with van der Waals surface area (Å²) in [5.74, 6) is 1.69. The second-order valence-electron chi connectivity index (χ2n) is 6.46. The summed E-state index contributed by atoms with van der Waals surface area (Å²) in [7, 11) is 0. The predicted octanol–water partition coefficient (Wildman–Crippen LogP) is 2.10. The van der Waals surface area contributed by atoms with Crippen molar-refractivity contribution < 1.29 is 5.11 Å². The fraction of sp³-hybridized carbons (Fsp3) is 1.00. The van der Waals surface area contributed by atoms with Crippen molar-refractivity contribution >= 4 is 0 Å². The van der Waals surface area contributed by atoms with Crippen molar-refractivity contribution in [2.45, 2.75) is 52.5 Å². The van der Waals surface area contributed by atoms with Crippen LogP contribution in [0.1, 0.15) is 47.0 Å². The fourth-order valence-electron chi connectivity index (χ4n) is 3.09. The molecule has 0 bridgehead atoms. The number of aliphatic hydroxyl groups excluding tert-OH is 1. The van der Waals surface area contributed by atoms with Gasteiger partial charge in [0.25, 0.3) is 0 Å². The summed E-state index contributed by atoms with van der Waals surface area (Å²) in [5, 5.41) is 13.0. The molecule has 18 heavy (non-hydrogen) atoms. The molecule has 0 aromatic rings. The van der Waals surface area contributed by atoms with E-state index in [1.54, 1.807) is 0 Å². The SMILES string of the molecule is CCNC(C)(CO)CN1CCCC(C(C)C)CC1. The van der Waals surface area contributed by atoms with Crippen LogP contribution in [0, 0.1) is 11.8 Å². The topological polar surface area (TPSA) is 35.5 Å². The van der Waals surface area contributed by atoms with Gasteiger partial charge in [-0.2, -0.15) is 0 Å². The van der Waals surface area contributed by atoms with E-state index in [-0.39, 0.29) is 12.1 Å². The average molecular weight is 256 g/mol. The van der Waals surface area contributed by atoms with E-state index < -0.39 is 0 Å². The minimum absolute atomic E-state index is 0.146. The molecule has 0 radical (unpaired) electrons. The Hall–Kier alpha value is -0.120. The summed E-state index contributed by atoms with van der Waals surface area (Å²) < 4.78 is 0. The molecule has 108 valence electrons. The van der Waals surface area contributed by atoms with Gasteiger partial charge in [-0.05, 0) is 57.7 Å². The Morgan fingerprint density at radius 3 is 2.61 bits per heavy atom. The lowest BCUT2D eigenvalue weighted by Crippen LogP contribution is -2.54. The zero-order valence-corrected chi connectivity index (χ0v) is 12.7. The Labute approximate surface area is 113 Å². The van der Waals surface area contributed by atoms with E-state index in [4.69, 9.17) is 0 Å². The van der Waals surface area contributed by atoms with Crippen LogP contribution in [0.15, 0.2) is 0 Å². The maximum atomic E-state index is 9.57. The number of likely N-dealkylation sites (tertiary alicyclic amines) is 1. The van der Waals surface area contributed by atoms with Crippen LogP contribution in [0.5, 0.6) is 0 Å². The minimum atomic E-state index is -0.146. The zero-order valence-electron chi connectivity index (χ0n) is 12.7. The van der Waals surface area contributed by atoms with Gasteiger partial charge in [0.15, 0.2) is 0 Å². The largest absolute Gasteiger partial charge is 0.394 e. The maximum Gasteiger partial charge on any atom is 0.0623 e. The predicted molar refractivity (Wildman–Crippen MR) is 77.8 cm³/mol. The van der Waals surface area contributed by atoms with Crippen LogP contribution >= 0.6 is 0 Å². The molecule has 3 heteroatoms. The van der Waals surface area contributed by atoms with Gasteiger partial charge in [-0.1, -0.05) is 20.8 Å². The zero-order chi connectivity index (χ0) is 13.6. The first-order valence-electron chi connectivity index (χ1n) is 7.59. The van der Waals surface area contributed by atoms with E-state index in [2.05, 4.69) is 37.9 Å². The lowest BCUT2D eigenvalue weighted by Gasteiger charge is -2.34. The lowest BCUT2D eigenvalue weighted by molar-refractivity contribution is 0.122. The van der Waals surface area contributed by atoms with Crippen LogP contribution in [0.3, 0.4) is 0 Å². The molecule has 0 aromatic carbocycles. The summed E-state index contributed by atoms with van der Waals surface area (Å²) in [4.78, 5) is 2.53. The van der Waals surface area contributed by atoms with Crippen LogP contribution in [0.25, 0.3) is 0 Å². The molecular formula is C15H32N2O. The summed E-state index contributed by atoms with van der Waals surface area (Å²) >= 11 is 0. The van der Waals surface area contributed by atoms with Crippen molar-refractivity contribution in [2.75, 3.05) is 32.8 Å². The van der Waals surface area contributed by atoms with Crippen LogP contribution < -0.4 is 5.32 Å². The number of nitrogens with one attached hydrogen (secondary N) is 1. The highest BCUT2D eigenvalue weighted by atomic mass is 16.3. The van der Waals surface area contributed by atoms with Gasteiger partial charge in [0.2, 0.25) is 0 Å². The van der Waals surface area contributed by atoms with E-state index in [0.717, 1.165) is 24.9 Å². The van der Waals surface area contributed by atoms with Gasteiger partial charge < -0.3 is 15.3 Å². The first kappa shape index (κ1) is 15.9. The Morgan fingerprint density at radius 1 is 1.33 bits per heavy atom. The van der Waals surface area contributed by atoms with Gasteiger partial charge >= 0.3 is 0 Å². The van der Waals surface area contributed by atoms with Crippen LogP contribution in [0.4, 0.5) is 0 Å². The second-order valence-corrected chi connectivity index (χ2v) is 6.46. The quantitative estimate of drug-likeness (QED) is 0.764. The molecule has 0 saturated carbocycles. The van der Waals surface area contributed by atoms with Gasteiger partial charge in [-0.15, -0.1) is 0 Å². The van der Waals surface area contributed by atoms with Gasteiger partial charge in [0.05, 0.1) is 12.1 Å². The monoisotopic (exact) mass is 256 g/mol. The first-order valence-corrected chi connectivity index (χ1v) is 7.59. The third-order valence-electron chi connectivity index (χ3n) is 4.33. The molecule has 2 unspecified atom stereocenters. The summed E-state index contributed by atoms with van der Waals surface area (Å²) in [6.07, 6.45) is 3.98. The molecule has 1 heterocycles. The Balaban J connectivity index is 2.47. The Kier molecular flexibility index (Phi) is 6.61. The molecular weight excluding hydrogens is 224 g/mol. The molecule has 0 spiro atoms. The van der Waals surface area contributed by atoms with E-state index in [1.807, 2.05) is 0 Å². The van der Waals surface area contributed by atoms with Crippen molar-refractivity contribution in [2.24, 2.45) is 11.8 Å². The molecule has 0 amide bonds. The van der Waals surface area contributed by atoms with Crippen LogP contribution in [-0.2, 0) is 0 Å². The lowest BCUT2D eigenvalue weighted by atomic mass is 9.89. The standard InChI is InChI=1S/C15H32N2O/c1-5-16-15(4,12-18)11-17-9-6-7-14(8-10-17)13(2)3/h13-14,16,18H,5-12H2,1-4H3. The maximum absolute atomic E-state index is 9.57. The van der Waals surface area contributed by atoms with Gasteiger partial charge in [0, 0.05) is 6.54 Å². The highest BCUT2D eigenvalue weighted by Crippen LogP contribution is 2.25. The third kappa shape index (κ3) is 4.87. The highest BCUT2D eigenvalue weighted by molar-refractivity contribution is 4.86. The number of likely N-dealkylation sites (N-methyl/N-ethyl adjacent to an activating group) is 1. The van der Waals surface area contributed by atoms with Gasteiger partial charge in [-0.25, -0.2) is 0 Å². The van der Waals surface area contributed by atoms with Crippen molar-refractivity contribution in [1.82, 2.24) is 10.2 Å². The number of hydrogen-bond donors (Lipinski definition) is 2. The summed E-state index contributed by atoms with van der Waals surface area (Å²) in [6, 6.07) is 0. The number of hydrogen-bond acceptors (Lipinski definition) is 3. The van der Waals surface area contributed by atoms with Crippen molar-refractivity contribution in [3.05, 3.63) is 0 Å². The number of rotatable bonds is 6. The molecule has 3 nitrogen and oxygen atoms in total. The molecule has 0 aliphatic carbocycles. The van der Waals surface area contributed by atoms with E-state index in [9.17, 15) is 5.11 Å². The molecule has 2 N–H and O–H groups in total. The molecule has 0 aromatic heterocycles. The first-order chi connectivity index (χ1) is 8.50. The minimum Gasteiger partial charge on any atom is -0.394 e. The normalized spacial score (nSPS) is 26.0. The van der Waals surface area contributed by atoms with Gasteiger partial charge in [0.1, 0.15) is 0 Å². The van der Waals surface area contributed by atoms with E-state index >= 15 is 0 Å². The summed E-state index contributed by atoms with van der Waals surface area (Å²) in [6.45, 7) is 13.4. The molecule has 2 atom stereocenters. The average Bonchev–Trinajstić information content (AvgIpc) is 2.55. The van der Waals surface area contributed by atoms with Crippen LogP contribution in [-0.4, -0.2) is 48.3 Å². The summed E-state index contributed by atoms with van der Waals surface area (Å²) in [5.41, 5.74) is -0.146. The van der Waals surface area contributed by atoms with Crippen molar-refractivity contribution in [3.8, 4) is 0 Å². The van der Waals surface area contributed by atoms with Crippen molar-refractivity contribution in [3.63, 3.8) is 0 Å². The molecule has 1 aliphatic heterocycles. The van der Waals surface area contributed by atoms with E-state index in [1.165, 1.54) is 32.4 Å². The second kappa shape index (κ2) is 7.46. The smallest absolute Gasteiger partial charge is 0.0623 e. The number of aliphatic hydroxyl groups is 1. The highest BCUT2D eigenvalue weighted by Gasteiger charge is 2.27. The third-order valence-corrected chi connectivity index (χ3v) is 4.33. The molecule has 1 aliphatic rings. The van der Waals surface area contributed by atoms with E-state index in [0.29, 0.717) is 0 Å². The van der Waals surface area contributed by atoms with Crippen LogP contribution in [0.2, 0.25) is 0 Å². The molecule has 1 rings (SSSR count). The molecule has 1 fully saturated rings. The number of nitrogens with zero attached hydrogens (tertiary/aromatic N) is 1.